The fourth-order valence-electron chi connectivity index (χ4n) is 3.44. The Kier molecular flexibility index (Phi) is 6.34. The Balaban J connectivity index is 1.79. The summed E-state index contributed by atoms with van der Waals surface area (Å²) in [6, 6.07) is 7.97. The maximum atomic E-state index is 6.26. The second-order valence-corrected chi connectivity index (χ2v) is 7.62. The molecule has 2 heterocycles. The molecule has 2 aromatic heterocycles. The van der Waals surface area contributed by atoms with Crippen molar-refractivity contribution in [3.63, 3.8) is 0 Å². The molecule has 1 N–H and O–H groups in total. The molecule has 1 aromatic carbocycles. The van der Waals surface area contributed by atoms with Gasteiger partial charge >= 0.3 is 0 Å². The molecule has 0 aliphatic carbocycles. The van der Waals surface area contributed by atoms with Crippen molar-refractivity contribution < 1.29 is 0 Å². The minimum Gasteiger partial charge on any atom is -0.369 e. The van der Waals surface area contributed by atoms with E-state index in [0.29, 0.717) is 0 Å². The van der Waals surface area contributed by atoms with Crippen LogP contribution in [0.25, 0.3) is 11.0 Å². The van der Waals surface area contributed by atoms with E-state index < -0.39 is 0 Å². The van der Waals surface area contributed by atoms with Gasteiger partial charge in [0.25, 0.3) is 0 Å². The predicted molar refractivity (Wildman–Crippen MR) is 114 cm³/mol. The summed E-state index contributed by atoms with van der Waals surface area (Å²) in [7, 11) is 4.21. The van der Waals surface area contributed by atoms with E-state index in [9.17, 15) is 0 Å². The van der Waals surface area contributed by atoms with Crippen LogP contribution in [0, 0.1) is 13.8 Å². The molecule has 0 aliphatic rings. The van der Waals surface area contributed by atoms with E-state index >= 15 is 0 Å². The molecule has 0 fully saturated rings. The highest BCUT2D eigenvalue weighted by Crippen LogP contribution is 2.29. The molecular formula is C21H28ClN5. The van der Waals surface area contributed by atoms with Gasteiger partial charge in [0.2, 0.25) is 0 Å². The molecule has 0 radical (unpaired) electrons. The number of hydrogen-bond acceptors (Lipinski definition) is 4. The number of aryl methyl sites for hydroxylation is 2. The number of halogens is 1. The number of aromatic nitrogens is 3. The van der Waals surface area contributed by atoms with Crippen molar-refractivity contribution in [1.82, 2.24) is 19.4 Å². The zero-order chi connectivity index (χ0) is 19.4. The molecule has 3 rings (SSSR count). The monoisotopic (exact) mass is 385 g/mol. The van der Waals surface area contributed by atoms with Gasteiger partial charge in [-0.25, -0.2) is 9.97 Å². The number of anilines is 1. The van der Waals surface area contributed by atoms with Crippen LogP contribution in [0.4, 0.5) is 5.82 Å². The van der Waals surface area contributed by atoms with Crippen molar-refractivity contribution in [2.75, 3.05) is 32.5 Å². The summed E-state index contributed by atoms with van der Waals surface area (Å²) in [5.74, 6) is 0.902. The average Bonchev–Trinajstić information content (AvgIpc) is 2.89. The summed E-state index contributed by atoms with van der Waals surface area (Å²) in [5, 5.41) is 5.42. The minimum absolute atomic E-state index is 0.778. The number of nitrogens with one attached hydrogen (secondary N) is 1. The fourth-order valence-corrected chi connectivity index (χ4v) is 3.67. The Labute approximate surface area is 166 Å². The second kappa shape index (κ2) is 8.72. The van der Waals surface area contributed by atoms with Crippen LogP contribution in [0.5, 0.6) is 0 Å². The third-order valence-electron chi connectivity index (χ3n) is 5.04. The zero-order valence-corrected chi connectivity index (χ0v) is 17.3. The van der Waals surface area contributed by atoms with Gasteiger partial charge < -0.3 is 14.8 Å². The summed E-state index contributed by atoms with van der Waals surface area (Å²) < 4.78 is 2.31. The maximum absolute atomic E-state index is 6.26. The molecule has 144 valence electrons. The lowest BCUT2D eigenvalue weighted by Gasteiger charge is -2.12. The van der Waals surface area contributed by atoms with E-state index in [1.165, 1.54) is 11.3 Å². The molecule has 27 heavy (non-hydrogen) atoms. The van der Waals surface area contributed by atoms with Gasteiger partial charge in [0.05, 0.1) is 5.39 Å². The SMILES string of the molecule is Cc1c(C)n(CCCN(C)C)c2ncnc(NCCc3ccccc3Cl)c12. The molecular weight excluding hydrogens is 358 g/mol. The first-order valence-corrected chi connectivity index (χ1v) is 9.79. The van der Waals surface area contributed by atoms with Crippen molar-refractivity contribution in [3.05, 3.63) is 52.4 Å². The predicted octanol–water partition coefficient (Wildman–Crippen LogP) is 4.31. The molecule has 0 bridgehead atoms. The molecule has 0 atom stereocenters. The standard InChI is InChI=1S/C21H28ClN5/c1-15-16(2)27(13-7-12-26(3)4)21-19(15)20(24-14-25-21)23-11-10-17-8-5-6-9-18(17)22/h5-6,8-9,14H,7,10-13H2,1-4H3,(H,23,24,25). The highest BCUT2D eigenvalue weighted by molar-refractivity contribution is 6.31. The number of nitrogens with zero attached hydrogens (tertiary/aromatic N) is 4. The van der Waals surface area contributed by atoms with Gasteiger partial charge in [0, 0.05) is 23.8 Å². The lowest BCUT2D eigenvalue weighted by Crippen LogP contribution is -2.15. The van der Waals surface area contributed by atoms with Gasteiger partial charge in [-0.15, -0.1) is 0 Å². The van der Waals surface area contributed by atoms with Crippen LogP contribution >= 0.6 is 11.6 Å². The zero-order valence-electron chi connectivity index (χ0n) is 16.6. The molecule has 3 aromatic rings. The molecule has 6 heteroatoms. The largest absolute Gasteiger partial charge is 0.369 e. The Morgan fingerprint density at radius 1 is 1.15 bits per heavy atom. The van der Waals surface area contributed by atoms with Gasteiger partial charge in [-0.05, 0) is 64.5 Å². The summed E-state index contributed by atoms with van der Waals surface area (Å²) in [4.78, 5) is 11.3. The van der Waals surface area contributed by atoms with E-state index in [1.807, 2.05) is 18.2 Å². The lowest BCUT2D eigenvalue weighted by atomic mass is 10.1. The van der Waals surface area contributed by atoms with Crippen LogP contribution in [0.2, 0.25) is 5.02 Å². The topological polar surface area (TPSA) is 46.0 Å². The number of fused-ring (bicyclic) bond motifs is 1. The minimum atomic E-state index is 0.778. The highest BCUT2D eigenvalue weighted by atomic mass is 35.5. The Morgan fingerprint density at radius 2 is 1.93 bits per heavy atom. The fraction of sp³-hybridized carbons (Fsp3) is 0.429. The first-order chi connectivity index (χ1) is 13.0. The van der Waals surface area contributed by atoms with Crippen LogP contribution in [0.1, 0.15) is 23.2 Å². The molecule has 0 aliphatic heterocycles. The number of benzene rings is 1. The molecule has 0 amide bonds. The van der Waals surface area contributed by atoms with Gasteiger partial charge in [-0.2, -0.15) is 0 Å². The van der Waals surface area contributed by atoms with Crippen molar-refractivity contribution in [2.24, 2.45) is 0 Å². The molecule has 5 nitrogen and oxygen atoms in total. The maximum Gasteiger partial charge on any atom is 0.145 e. The first-order valence-electron chi connectivity index (χ1n) is 9.41. The summed E-state index contributed by atoms with van der Waals surface area (Å²) in [6.45, 7) is 7.12. The van der Waals surface area contributed by atoms with Crippen molar-refractivity contribution in [3.8, 4) is 0 Å². The van der Waals surface area contributed by atoms with Crippen LogP contribution < -0.4 is 5.32 Å². The normalized spacial score (nSPS) is 11.5. The Hall–Kier alpha value is -2.11. The van der Waals surface area contributed by atoms with Crippen molar-refractivity contribution >= 4 is 28.5 Å². The summed E-state index contributed by atoms with van der Waals surface area (Å²) in [5.41, 5.74) is 4.67. The summed E-state index contributed by atoms with van der Waals surface area (Å²) in [6.07, 6.45) is 3.60. The van der Waals surface area contributed by atoms with E-state index in [4.69, 9.17) is 11.6 Å². The van der Waals surface area contributed by atoms with Crippen molar-refractivity contribution in [1.29, 1.82) is 0 Å². The Bertz CT molecular complexity index is 916. The van der Waals surface area contributed by atoms with Crippen LogP contribution in [-0.2, 0) is 13.0 Å². The molecule has 0 saturated heterocycles. The van der Waals surface area contributed by atoms with E-state index in [-0.39, 0.29) is 0 Å². The first kappa shape index (κ1) is 19.6. The third-order valence-corrected chi connectivity index (χ3v) is 5.41. The molecule has 0 spiro atoms. The van der Waals surface area contributed by atoms with E-state index in [1.54, 1.807) is 6.33 Å². The van der Waals surface area contributed by atoms with Crippen LogP contribution in [-0.4, -0.2) is 46.6 Å². The van der Waals surface area contributed by atoms with Gasteiger partial charge in [-0.1, -0.05) is 29.8 Å². The van der Waals surface area contributed by atoms with Crippen molar-refractivity contribution in [2.45, 2.75) is 33.2 Å². The highest BCUT2D eigenvalue weighted by Gasteiger charge is 2.16. The van der Waals surface area contributed by atoms with E-state index in [2.05, 4.69) is 58.8 Å². The Morgan fingerprint density at radius 3 is 2.67 bits per heavy atom. The third kappa shape index (κ3) is 4.42. The smallest absolute Gasteiger partial charge is 0.145 e. The second-order valence-electron chi connectivity index (χ2n) is 7.21. The van der Waals surface area contributed by atoms with Gasteiger partial charge in [0.1, 0.15) is 17.8 Å². The quantitative estimate of drug-likeness (QED) is 0.627. The average molecular weight is 386 g/mol. The lowest BCUT2D eigenvalue weighted by molar-refractivity contribution is 0.387. The van der Waals surface area contributed by atoms with Crippen LogP contribution in [0.15, 0.2) is 30.6 Å². The van der Waals surface area contributed by atoms with Gasteiger partial charge in [0.15, 0.2) is 0 Å². The van der Waals surface area contributed by atoms with Gasteiger partial charge in [-0.3, -0.25) is 0 Å². The van der Waals surface area contributed by atoms with Crippen LogP contribution in [0.3, 0.4) is 0 Å². The summed E-state index contributed by atoms with van der Waals surface area (Å²) >= 11 is 6.26. The van der Waals surface area contributed by atoms with E-state index in [0.717, 1.165) is 59.9 Å². The molecule has 0 unspecified atom stereocenters. The number of rotatable bonds is 8. The molecule has 0 saturated carbocycles. The number of hydrogen-bond donors (Lipinski definition) is 1.